The van der Waals surface area contributed by atoms with Crippen molar-refractivity contribution in [2.45, 2.75) is 22.6 Å². The first-order valence-corrected chi connectivity index (χ1v) is 20.6. The number of fused-ring (bicyclic) bond motifs is 2. The molecule has 0 spiro atoms. The van der Waals surface area contributed by atoms with E-state index >= 15 is 0 Å². The number of benzene rings is 6. The second-order valence-corrected chi connectivity index (χ2v) is 15.9. The van der Waals surface area contributed by atoms with Gasteiger partial charge in [-0.15, -0.1) is 0 Å². The Morgan fingerprint density at radius 2 is 0.883 bits per heavy atom. The van der Waals surface area contributed by atoms with Gasteiger partial charge in [0.05, 0.1) is 32.5 Å². The zero-order valence-electron chi connectivity index (χ0n) is 32.7. The van der Waals surface area contributed by atoms with E-state index in [1.165, 1.54) is 38.5 Å². The van der Waals surface area contributed by atoms with Crippen LogP contribution in [0, 0.1) is 0 Å². The minimum atomic E-state index is -3.81. The summed E-state index contributed by atoms with van der Waals surface area (Å²) >= 11 is 0. The maximum absolute atomic E-state index is 12.4. The summed E-state index contributed by atoms with van der Waals surface area (Å²) < 4.78 is 64.2. The summed E-state index contributed by atoms with van der Waals surface area (Å²) in [4.78, 5) is -0.215. The number of hydrogen-bond acceptors (Lipinski definition) is 14. The molecular formula is C40H38CrN6NaO10S2. The summed E-state index contributed by atoms with van der Waals surface area (Å²) in [5, 5.41) is 67.0. The third kappa shape index (κ3) is 13.3. The summed E-state index contributed by atoms with van der Waals surface area (Å²) in [6.07, 6.45) is 1.02. The summed E-state index contributed by atoms with van der Waals surface area (Å²) in [5.74, 6) is -1.69. The smallest absolute Gasteiger partial charge is 0.871 e. The first-order chi connectivity index (χ1) is 27.8. The quantitative estimate of drug-likeness (QED) is 0.0815. The largest absolute Gasteiger partial charge is 3.00 e. The molecule has 0 unspecified atom stereocenters. The molecule has 6 aromatic carbocycles. The monoisotopic (exact) mass is 901 g/mol. The number of methoxy groups -OCH3 is 2. The summed E-state index contributed by atoms with van der Waals surface area (Å²) in [7, 11) is -4.57. The third-order valence-electron chi connectivity index (χ3n) is 8.36. The molecule has 1 radical (unpaired) electrons. The number of ether oxygens (including phenoxy) is 2. The van der Waals surface area contributed by atoms with Gasteiger partial charge in [0.2, 0.25) is 20.0 Å². The molecule has 0 aromatic heterocycles. The Morgan fingerprint density at radius 1 is 0.517 bits per heavy atom. The third-order valence-corrected chi connectivity index (χ3v) is 11.3. The predicted molar refractivity (Wildman–Crippen MR) is 210 cm³/mol. The summed E-state index contributed by atoms with van der Waals surface area (Å²) in [5.41, 5.74) is -0.156. The van der Waals surface area contributed by atoms with Gasteiger partial charge in [-0.25, -0.2) is 26.3 Å². The van der Waals surface area contributed by atoms with Gasteiger partial charge in [-0.1, -0.05) is 108 Å². The molecule has 0 fully saturated rings. The molecule has 0 heterocycles. The maximum atomic E-state index is 12.4. The molecule has 307 valence electrons. The Bertz CT molecular complexity index is 2490. The average Bonchev–Trinajstić information content (AvgIpc) is 3.21. The second-order valence-electron chi connectivity index (χ2n) is 12.4. The van der Waals surface area contributed by atoms with Crippen molar-refractivity contribution in [1.82, 2.24) is 9.44 Å². The van der Waals surface area contributed by atoms with Gasteiger partial charge < -0.3 is 29.9 Å². The van der Waals surface area contributed by atoms with E-state index in [9.17, 15) is 37.3 Å². The van der Waals surface area contributed by atoms with Crippen molar-refractivity contribution in [2.75, 3.05) is 40.5 Å². The Hall–Kier alpha value is -4.49. The van der Waals surface area contributed by atoms with E-state index < -0.39 is 31.5 Å². The molecule has 6 rings (SSSR count). The van der Waals surface area contributed by atoms with Gasteiger partial charge in [0, 0.05) is 51.3 Å². The average molecular weight is 902 g/mol. The Balaban J connectivity index is 0.000000310. The van der Waals surface area contributed by atoms with Crippen molar-refractivity contribution >= 4 is 64.3 Å². The van der Waals surface area contributed by atoms with Crippen LogP contribution in [0.3, 0.4) is 0 Å². The zero-order chi connectivity index (χ0) is 41.7. The van der Waals surface area contributed by atoms with E-state index in [1.54, 1.807) is 36.4 Å². The van der Waals surface area contributed by atoms with E-state index in [0.29, 0.717) is 36.8 Å². The van der Waals surface area contributed by atoms with Gasteiger partial charge in [-0.3, -0.25) is 0 Å². The molecule has 0 amide bonds. The van der Waals surface area contributed by atoms with Crippen LogP contribution in [-0.2, 0) is 46.9 Å². The van der Waals surface area contributed by atoms with Crippen molar-refractivity contribution < 1.29 is 93.7 Å². The van der Waals surface area contributed by atoms with Gasteiger partial charge in [0.1, 0.15) is 0 Å². The van der Waals surface area contributed by atoms with Crippen LogP contribution >= 0.6 is 0 Å². The molecule has 0 bridgehead atoms. The molecule has 0 saturated heterocycles. The van der Waals surface area contributed by atoms with Gasteiger partial charge in [0.15, 0.2) is 0 Å². The van der Waals surface area contributed by atoms with Gasteiger partial charge in [-0.2, -0.15) is 20.5 Å². The molecule has 0 aliphatic heterocycles. The molecule has 0 aliphatic rings. The summed E-state index contributed by atoms with van der Waals surface area (Å²) in [6.45, 7) is 1.23. The summed E-state index contributed by atoms with van der Waals surface area (Å²) in [6, 6.07) is 27.3. The van der Waals surface area contributed by atoms with Gasteiger partial charge >= 0.3 is 46.9 Å². The van der Waals surface area contributed by atoms with Crippen LogP contribution in [-0.4, -0.2) is 57.4 Å². The topological polar surface area (TPSA) is 252 Å². The Kier molecular flexibility index (Phi) is 19.5. The number of hydrogen-bond donors (Lipinski definition) is 2. The molecular weight excluding hydrogens is 864 g/mol. The molecule has 6 aromatic rings. The molecule has 16 nitrogen and oxygen atoms in total. The predicted octanol–water partition coefficient (Wildman–Crippen LogP) is 2.44. The van der Waals surface area contributed by atoms with E-state index in [2.05, 4.69) is 29.9 Å². The van der Waals surface area contributed by atoms with Crippen LogP contribution in [0.2, 0.25) is 0 Å². The SMILES string of the molecule is COCCCNS(=O)(=O)c1ccc([O-])c(N=Nc2c([O-])ccc3ccccc23)c1.COCCCNS(=O)(=O)c1ccc([O-])c(N=Nc2c([O-])ccc3ccccc23)c1.[Cr+3].[Na+]. The fourth-order valence-corrected chi connectivity index (χ4v) is 7.57. The normalized spacial score (nSPS) is 11.6. The van der Waals surface area contributed by atoms with Crippen molar-refractivity contribution in [3.05, 3.63) is 109 Å². The molecule has 20 heteroatoms. The number of nitrogens with one attached hydrogen (secondary N) is 2. The van der Waals surface area contributed by atoms with E-state index in [1.807, 2.05) is 24.3 Å². The minimum Gasteiger partial charge on any atom is -0.871 e. The van der Waals surface area contributed by atoms with E-state index in [4.69, 9.17) is 9.47 Å². The first-order valence-electron chi connectivity index (χ1n) is 17.6. The van der Waals surface area contributed by atoms with Gasteiger partial charge in [0.25, 0.3) is 0 Å². The maximum Gasteiger partial charge on any atom is 3.00 e. The van der Waals surface area contributed by atoms with E-state index in [0.717, 1.165) is 35.0 Å². The molecule has 2 N–H and O–H groups in total. The molecule has 60 heavy (non-hydrogen) atoms. The Labute approximate surface area is 380 Å². The van der Waals surface area contributed by atoms with Crippen LogP contribution in [0.5, 0.6) is 23.0 Å². The van der Waals surface area contributed by atoms with Crippen molar-refractivity contribution in [3.63, 3.8) is 0 Å². The molecule has 0 aliphatic carbocycles. The van der Waals surface area contributed by atoms with Crippen molar-refractivity contribution in [2.24, 2.45) is 20.5 Å². The fraction of sp³-hybridized carbons (Fsp3) is 0.200. The minimum absolute atomic E-state index is 0. The van der Waals surface area contributed by atoms with Gasteiger partial charge in [-0.05, 0) is 47.9 Å². The van der Waals surface area contributed by atoms with Crippen molar-refractivity contribution in [1.29, 1.82) is 0 Å². The number of rotatable bonds is 16. The first kappa shape index (κ1) is 49.9. The van der Waals surface area contributed by atoms with Crippen LogP contribution in [0.4, 0.5) is 22.7 Å². The van der Waals surface area contributed by atoms with Crippen LogP contribution in [0.15, 0.2) is 139 Å². The molecule has 0 saturated carbocycles. The fourth-order valence-electron chi connectivity index (χ4n) is 5.38. The van der Waals surface area contributed by atoms with Crippen LogP contribution < -0.4 is 59.4 Å². The molecule has 0 atom stereocenters. The van der Waals surface area contributed by atoms with Crippen LogP contribution in [0.1, 0.15) is 12.8 Å². The number of azo groups is 2. The number of nitrogens with zero attached hydrogens (tertiary/aromatic N) is 4. The zero-order valence-corrected chi connectivity index (χ0v) is 37.6. The Morgan fingerprint density at radius 3 is 1.27 bits per heavy atom. The van der Waals surface area contributed by atoms with E-state index in [-0.39, 0.29) is 104 Å². The van der Waals surface area contributed by atoms with Crippen molar-refractivity contribution in [3.8, 4) is 23.0 Å². The number of sulfonamides is 2. The standard InChI is InChI=1S/2C20H21N3O5S.Cr.Na/c2*1-28-12-4-11-21-29(26,27)15-8-10-18(24)17(13-15)22-23-20-16-6-3-2-5-14(16)7-9-19(20)25;;/h2*2-3,5-10,13,21,24-25H,4,11-12H2,1H3;;/q;;+3;+1/p-4. The van der Waals surface area contributed by atoms with Crippen LogP contribution in [0.25, 0.3) is 21.5 Å². The second kappa shape index (κ2) is 23.5.